The Hall–Kier alpha value is -2.73. The first-order chi connectivity index (χ1) is 29.6. The van der Waals surface area contributed by atoms with Crippen molar-refractivity contribution in [1.82, 2.24) is 14.7 Å². The molecule has 3 fully saturated rings. The molecule has 380 valence electrons. The predicted molar refractivity (Wildman–Crippen MR) is 265 cm³/mol. The van der Waals surface area contributed by atoms with E-state index in [0.717, 1.165) is 38.5 Å². The molecule has 65 heavy (non-hydrogen) atoms. The summed E-state index contributed by atoms with van der Waals surface area (Å²) in [7, 11) is 0. The molecule has 3 aliphatic heterocycles. The van der Waals surface area contributed by atoms with Crippen molar-refractivity contribution in [2.45, 2.75) is 194 Å². The summed E-state index contributed by atoms with van der Waals surface area (Å²) < 4.78 is 26.7. The topological polar surface area (TPSA) is 179 Å². The molecule has 18 heteroatoms. The van der Waals surface area contributed by atoms with Gasteiger partial charge in [0.2, 0.25) is 0 Å². The zero-order valence-electron chi connectivity index (χ0n) is 42.0. The van der Waals surface area contributed by atoms with Crippen LogP contribution < -0.4 is 0 Å². The number of nitrogens with zero attached hydrogens (tertiary/aromatic N) is 3. The van der Waals surface area contributed by atoms with Crippen LogP contribution in [0, 0.1) is 17.8 Å². The van der Waals surface area contributed by atoms with E-state index in [-0.39, 0.29) is 83.4 Å². The molecule has 0 aromatic heterocycles. The lowest BCUT2D eigenvalue weighted by Gasteiger charge is -2.34. The number of carboxylic acids is 1. The molecule has 0 aromatic carbocycles. The van der Waals surface area contributed by atoms with Crippen molar-refractivity contribution < 1.29 is 57.6 Å². The van der Waals surface area contributed by atoms with Crippen molar-refractivity contribution in [3.63, 3.8) is 0 Å². The van der Waals surface area contributed by atoms with E-state index in [9.17, 15) is 33.9 Å². The van der Waals surface area contributed by atoms with Gasteiger partial charge in [0.05, 0.1) is 31.0 Å². The van der Waals surface area contributed by atoms with Gasteiger partial charge >= 0.3 is 36.2 Å². The van der Waals surface area contributed by atoms with Gasteiger partial charge in [-0.05, 0) is 133 Å². The highest BCUT2D eigenvalue weighted by Gasteiger charge is 2.43. The lowest BCUT2D eigenvalue weighted by molar-refractivity contribution is -0.148. The number of carbonyl (C=O) groups excluding carboxylic acids is 5. The van der Waals surface area contributed by atoms with Gasteiger partial charge in [-0.25, -0.2) is 14.4 Å². The maximum Gasteiger partial charge on any atom is 0.410 e. The number of hydrogen-bond donors (Lipinski definition) is 1. The number of thioether (sulfide) groups is 3. The Bertz CT molecular complexity index is 1430. The Labute approximate surface area is 405 Å². The molecule has 0 bridgehead atoms. The second-order valence-electron chi connectivity index (χ2n) is 19.5. The first kappa shape index (κ1) is 62.3. The van der Waals surface area contributed by atoms with Gasteiger partial charge in [0.1, 0.15) is 16.8 Å². The summed E-state index contributed by atoms with van der Waals surface area (Å²) in [6.45, 7) is 28.5. The molecule has 3 aliphatic rings. The molecule has 3 saturated heterocycles. The van der Waals surface area contributed by atoms with Crippen molar-refractivity contribution in [2.75, 3.05) is 51.6 Å². The van der Waals surface area contributed by atoms with Crippen LogP contribution >= 0.6 is 35.3 Å². The molecule has 0 aromatic rings. The number of aliphatic carboxylic acids is 1. The van der Waals surface area contributed by atoms with Crippen molar-refractivity contribution in [1.29, 1.82) is 0 Å². The van der Waals surface area contributed by atoms with E-state index >= 15 is 0 Å². The van der Waals surface area contributed by atoms with Crippen molar-refractivity contribution in [2.24, 2.45) is 17.8 Å². The quantitative estimate of drug-likeness (QED) is 0.128. The third-order valence-corrected chi connectivity index (χ3v) is 14.7. The smallest absolute Gasteiger partial charge is 0.410 e. The average molecular weight is 982 g/mol. The second-order valence-corrected chi connectivity index (χ2v) is 22.5. The van der Waals surface area contributed by atoms with Gasteiger partial charge in [-0.2, -0.15) is 35.3 Å². The number of esters is 2. The lowest BCUT2D eigenvalue weighted by Crippen LogP contribution is -2.47. The third kappa shape index (κ3) is 20.6. The first-order valence-corrected chi connectivity index (χ1v) is 26.6. The van der Waals surface area contributed by atoms with Gasteiger partial charge in [0, 0.05) is 53.5 Å². The predicted octanol–water partition coefficient (Wildman–Crippen LogP) is 10.1. The van der Waals surface area contributed by atoms with Crippen LogP contribution in [-0.4, -0.2) is 158 Å². The molecule has 0 saturated carbocycles. The lowest BCUT2D eigenvalue weighted by atomic mass is 9.99. The number of carboxylic acid groups (broad SMARTS) is 1. The van der Waals surface area contributed by atoms with Crippen molar-refractivity contribution in [3.05, 3.63) is 0 Å². The average Bonchev–Trinajstić information content (AvgIpc) is 3.97. The minimum Gasteiger partial charge on any atom is -0.481 e. The Morgan fingerprint density at radius 3 is 0.969 bits per heavy atom. The van der Waals surface area contributed by atoms with Crippen LogP contribution in [-0.2, 0) is 38.1 Å². The zero-order chi connectivity index (χ0) is 49.3. The highest BCUT2D eigenvalue weighted by Crippen LogP contribution is 2.35. The Morgan fingerprint density at radius 1 is 0.523 bits per heavy atom. The minimum atomic E-state index is -0.819. The van der Waals surface area contributed by atoms with E-state index < -0.39 is 28.7 Å². The number of amides is 3. The molecule has 0 radical (unpaired) electrons. The monoisotopic (exact) mass is 982 g/mol. The van der Waals surface area contributed by atoms with Crippen LogP contribution in [0.2, 0.25) is 0 Å². The number of likely N-dealkylation sites (tertiary alicyclic amines) is 3. The van der Waals surface area contributed by atoms with E-state index in [1.807, 2.05) is 94.9 Å². The third-order valence-electron chi connectivity index (χ3n) is 10.9. The Balaban J connectivity index is 0.000000939. The molecule has 3 amide bonds. The molecular formula is C47H87N3O12S3. The first-order valence-electron chi connectivity index (χ1n) is 22.7. The normalized spacial score (nSPS) is 21.4. The molecular weight excluding hydrogens is 895 g/mol. The van der Waals surface area contributed by atoms with Crippen LogP contribution in [0.4, 0.5) is 14.4 Å². The molecule has 0 spiro atoms. The van der Waals surface area contributed by atoms with Crippen LogP contribution in [0.1, 0.15) is 143 Å². The van der Waals surface area contributed by atoms with Crippen LogP contribution in [0.25, 0.3) is 0 Å². The summed E-state index contributed by atoms with van der Waals surface area (Å²) in [5, 5.41) is 9.14. The molecule has 0 unspecified atom stereocenters. The van der Waals surface area contributed by atoms with Gasteiger partial charge in [-0.1, -0.05) is 28.2 Å². The highest BCUT2D eigenvalue weighted by atomic mass is 32.2. The van der Waals surface area contributed by atoms with E-state index in [1.165, 1.54) is 11.8 Å². The van der Waals surface area contributed by atoms with Crippen molar-refractivity contribution in [3.8, 4) is 0 Å². The molecule has 15 nitrogen and oxygen atoms in total. The van der Waals surface area contributed by atoms with E-state index in [2.05, 4.69) is 0 Å². The Kier molecular flexibility index (Phi) is 27.4. The van der Waals surface area contributed by atoms with Gasteiger partial charge in [-0.3, -0.25) is 14.4 Å². The maximum atomic E-state index is 12.4. The summed E-state index contributed by atoms with van der Waals surface area (Å²) in [5.41, 5.74) is -1.55. The zero-order valence-corrected chi connectivity index (χ0v) is 44.4. The maximum absolute atomic E-state index is 12.4. The van der Waals surface area contributed by atoms with Gasteiger partial charge in [0.25, 0.3) is 0 Å². The highest BCUT2D eigenvalue weighted by molar-refractivity contribution is 7.99. The number of ether oxygens (including phenoxy) is 5. The largest absolute Gasteiger partial charge is 0.481 e. The van der Waals surface area contributed by atoms with Crippen LogP contribution in [0.5, 0.6) is 0 Å². The van der Waals surface area contributed by atoms with Gasteiger partial charge in [-0.15, -0.1) is 0 Å². The molecule has 9 atom stereocenters. The fourth-order valence-electron chi connectivity index (χ4n) is 8.08. The van der Waals surface area contributed by atoms with Crippen LogP contribution in [0.15, 0.2) is 0 Å². The summed E-state index contributed by atoms with van der Waals surface area (Å²) >= 11 is 4.75. The fourth-order valence-corrected chi connectivity index (χ4v) is 11.4. The SMILES string of the molecule is C.CCOC(=O)[C@@H](C)[C@@H](SC)[C@@H]1CCCN1C(=O)OC(C)(C)C.CCOC(=O)[C@H](C)[C@@H](SC)[C@@H]1CCCN1C(=O)OC(C)(C)C.CS[C@H]([C@@H](C)C(=O)O)[C@@H]1CCCN1C(=O)OC(C)(C)C. The second kappa shape index (κ2) is 28.6. The summed E-state index contributed by atoms with van der Waals surface area (Å²) in [6, 6.07) is -0.0283. The molecule has 1 N–H and O–H groups in total. The van der Waals surface area contributed by atoms with Gasteiger partial charge in [0.15, 0.2) is 0 Å². The van der Waals surface area contributed by atoms with E-state index in [4.69, 9.17) is 23.7 Å². The Morgan fingerprint density at radius 2 is 0.769 bits per heavy atom. The van der Waals surface area contributed by atoms with E-state index in [0.29, 0.717) is 32.8 Å². The minimum absolute atomic E-state index is 0. The summed E-state index contributed by atoms with van der Waals surface area (Å²) in [6.07, 6.45) is 10.4. The van der Waals surface area contributed by atoms with Crippen molar-refractivity contribution >= 4 is 71.5 Å². The van der Waals surface area contributed by atoms with Crippen LogP contribution in [0.3, 0.4) is 0 Å². The summed E-state index contributed by atoms with van der Waals surface area (Å²) in [4.78, 5) is 77.6. The number of carbonyl (C=O) groups is 6. The molecule has 3 heterocycles. The number of rotatable bonds is 14. The standard InChI is InChI=1S/2C16H29NO4S.C14H25NO4S.CH4/c2*1-7-20-14(18)11(2)13(22-6)12-9-8-10-17(12)15(19)21-16(3,4)5;1-9(12(16)17)11(20-5)10-7-6-8-15(10)13(18)19-14(2,3)4;/h2*11-13H,7-10H2,1-6H3;9-11H,6-8H2,1-5H3,(H,16,17);1H4/t11-,12+,13-;11-,12-,13+;9-,10+,11-;/m101./s1. The molecule has 0 aliphatic carbocycles. The van der Waals surface area contributed by atoms with E-state index in [1.54, 1.807) is 59.0 Å². The fraction of sp³-hybridized carbons (Fsp3) is 0.872. The van der Waals surface area contributed by atoms with Gasteiger partial charge < -0.3 is 43.5 Å². The summed E-state index contributed by atoms with van der Waals surface area (Å²) in [5.74, 6) is -2.19. The number of hydrogen-bond acceptors (Lipinski definition) is 14. The molecule has 3 rings (SSSR count).